The SMILES string of the molecule is C=C[C@](C)(C/C=C(/C)CCC=C(C)C)CCC=C(C)C. The molecule has 0 saturated carbocycles. The fraction of sp³-hybridized carbons (Fsp3) is 0.600. The first-order chi connectivity index (χ1) is 9.29. The van der Waals surface area contributed by atoms with Gasteiger partial charge in [-0.2, -0.15) is 0 Å². The van der Waals surface area contributed by atoms with E-state index in [1.807, 2.05) is 0 Å². The van der Waals surface area contributed by atoms with Crippen molar-refractivity contribution < 1.29 is 0 Å². The zero-order valence-electron chi connectivity index (χ0n) is 14.6. The molecule has 0 aliphatic carbocycles. The molecule has 0 unspecified atom stereocenters. The van der Waals surface area contributed by atoms with E-state index in [9.17, 15) is 0 Å². The molecule has 0 amide bonds. The van der Waals surface area contributed by atoms with Crippen LogP contribution in [0.5, 0.6) is 0 Å². The van der Waals surface area contributed by atoms with Gasteiger partial charge in [-0.05, 0) is 72.1 Å². The van der Waals surface area contributed by atoms with E-state index in [2.05, 4.69) is 72.4 Å². The second-order valence-corrected chi connectivity index (χ2v) is 6.75. The molecule has 0 aromatic heterocycles. The van der Waals surface area contributed by atoms with E-state index < -0.39 is 0 Å². The highest BCUT2D eigenvalue weighted by Gasteiger charge is 2.17. The van der Waals surface area contributed by atoms with Crippen molar-refractivity contribution in [1.82, 2.24) is 0 Å². The van der Waals surface area contributed by atoms with Gasteiger partial charge in [-0.15, -0.1) is 6.58 Å². The van der Waals surface area contributed by atoms with Crippen LogP contribution < -0.4 is 0 Å². The Morgan fingerprint density at radius 1 is 0.900 bits per heavy atom. The van der Waals surface area contributed by atoms with Crippen molar-refractivity contribution in [3.05, 3.63) is 47.6 Å². The molecule has 0 saturated heterocycles. The average molecular weight is 274 g/mol. The van der Waals surface area contributed by atoms with Gasteiger partial charge in [0.15, 0.2) is 0 Å². The lowest BCUT2D eigenvalue weighted by Crippen LogP contribution is -2.11. The zero-order chi connectivity index (χ0) is 15.6. The largest absolute Gasteiger partial charge is 0.103 e. The summed E-state index contributed by atoms with van der Waals surface area (Å²) in [6.07, 6.45) is 14.9. The van der Waals surface area contributed by atoms with Crippen molar-refractivity contribution in [2.24, 2.45) is 5.41 Å². The molecule has 0 aliphatic heterocycles. The van der Waals surface area contributed by atoms with E-state index in [1.165, 1.54) is 29.6 Å². The average Bonchev–Trinajstić information content (AvgIpc) is 2.35. The summed E-state index contributed by atoms with van der Waals surface area (Å²) in [4.78, 5) is 0. The molecule has 114 valence electrons. The van der Waals surface area contributed by atoms with Gasteiger partial charge in [-0.1, -0.05) is 47.9 Å². The van der Waals surface area contributed by atoms with Crippen LogP contribution in [-0.4, -0.2) is 0 Å². The summed E-state index contributed by atoms with van der Waals surface area (Å²) < 4.78 is 0. The van der Waals surface area contributed by atoms with Gasteiger partial charge in [-0.25, -0.2) is 0 Å². The number of hydrogen-bond acceptors (Lipinski definition) is 0. The molecule has 0 N–H and O–H groups in total. The predicted molar refractivity (Wildman–Crippen MR) is 94.0 cm³/mol. The van der Waals surface area contributed by atoms with Crippen molar-refractivity contribution in [2.75, 3.05) is 0 Å². The maximum Gasteiger partial charge on any atom is -0.0112 e. The number of rotatable bonds is 9. The Labute approximate surface area is 127 Å². The van der Waals surface area contributed by atoms with Gasteiger partial charge in [0.25, 0.3) is 0 Å². The lowest BCUT2D eigenvalue weighted by molar-refractivity contribution is 0.400. The van der Waals surface area contributed by atoms with E-state index in [0.717, 1.165) is 19.3 Å². The fourth-order valence-corrected chi connectivity index (χ4v) is 2.08. The van der Waals surface area contributed by atoms with Crippen molar-refractivity contribution >= 4 is 0 Å². The maximum atomic E-state index is 4.03. The molecule has 0 radical (unpaired) electrons. The Kier molecular flexibility index (Phi) is 9.29. The Hall–Kier alpha value is -1.04. The van der Waals surface area contributed by atoms with Crippen LogP contribution in [-0.2, 0) is 0 Å². The highest BCUT2D eigenvalue weighted by atomic mass is 14.2. The molecule has 0 heteroatoms. The molecule has 20 heavy (non-hydrogen) atoms. The Morgan fingerprint density at radius 3 is 1.95 bits per heavy atom. The van der Waals surface area contributed by atoms with Crippen LogP contribution in [0.15, 0.2) is 47.6 Å². The van der Waals surface area contributed by atoms with Crippen LogP contribution in [0.2, 0.25) is 0 Å². The second kappa shape index (κ2) is 9.80. The normalized spacial score (nSPS) is 14.4. The lowest BCUT2D eigenvalue weighted by Gasteiger charge is -2.24. The molecule has 0 rings (SSSR count). The van der Waals surface area contributed by atoms with Gasteiger partial charge in [0, 0.05) is 0 Å². The maximum absolute atomic E-state index is 4.03. The first-order valence-electron chi connectivity index (χ1n) is 7.85. The monoisotopic (exact) mass is 274 g/mol. The van der Waals surface area contributed by atoms with Crippen molar-refractivity contribution in [3.8, 4) is 0 Å². The quantitative estimate of drug-likeness (QED) is 0.397. The van der Waals surface area contributed by atoms with Gasteiger partial charge in [0.05, 0.1) is 0 Å². The van der Waals surface area contributed by atoms with Crippen molar-refractivity contribution in [2.45, 2.75) is 73.6 Å². The molecule has 0 aromatic carbocycles. The smallest absolute Gasteiger partial charge is 0.0112 e. The molecule has 1 atom stereocenters. The highest BCUT2D eigenvalue weighted by molar-refractivity contribution is 5.07. The highest BCUT2D eigenvalue weighted by Crippen LogP contribution is 2.30. The van der Waals surface area contributed by atoms with E-state index in [0.29, 0.717) is 0 Å². The predicted octanol–water partition coefficient (Wildman–Crippen LogP) is 7.01. The van der Waals surface area contributed by atoms with E-state index in [4.69, 9.17) is 0 Å². The van der Waals surface area contributed by atoms with E-state index in [1.54, 1.807) is 0 Å². The third kappa shape index (κ3) is 9.83. The third-order valence-electron chi connectivity index (χ3n) is 3.77. The molecule has 0 aromatic rings. The first kappa shape index (κ1) is 19.0. The van der Waals surface area contributed by atoms with Crippen LogP contribution in [0.4, 0.5) is 0 Å². The fourth-order valence-electron chi connectivity index (χ4n) is 2.08. The molecule has 0 fully saturated rings. The molecular formula is C20H34. The standard InChI is InChI=1S/C20H34/c1-8-20(7,15-10-12-18(4)5)16-14-19(6)13-9-11-17(2)3/h8,11-12,14H,1,9-10,13,15-16H2,2-7H3/b19-14-/t20-/m0/s1. The number of hydrogen-bond donors (Lipinski definition) is 0. The van der Waals surface area contributed by atoms with Crippen molar-refractivity contribution in [3.63, 3.8) is 0 Å². The summed E-state index contributed by atoms with van der Waals surface area (Å²) in [5, 5.41) is 0. The second-order valence-electron chi connectivity index (χ2n) is 6.75. The zero-order valence-corrected chi connectivity index (χ0v) is 14.6. The molecule has 0 aliphatic rings. The van der Waals surface area contributed by atoms with Crippen LogP contribution in [0.25, 0.3) is 0 Å². The summed E-state index contributed by atoms with van der Waals surface area (Å²) in [6.45, 7) is 17.3. The summed E-state index contributed by atoms with van der Waals surface area (Å²) >= 11 is 0. The van der Waals surface area contributed by atoms with Gasteiger partial charge < -0.3 is 0 Å². The van der Waals surface area contributed by atoms with E-state index >= 15 is 0 Å². The molecule has 0 heterocycles. The van der Waals surface area contributed by atoms with Crippen LogP contribution in [0, 0.1) is 5.41 Å². The Bertz CT molecular complexity index is 371. The summed E-state index contributed by atoms with van der Waals surface area (Å²) in [5.74, 6) is 0. The van der Waals surface area contributed by atoms with Crippen LogP contribution in [0.1, 0.15) is 73.6 Å². The first-order valence-corrected chi connectivity index (χ1v) is 7.85. The van der Waals surface area contributed by atoms with Crippen LogP contribution in [0.3, 0.4) is 0 Å². The van der Waals surface area contributed by atoms with E-state index in [-0.39, 0.29) is 5.41 Å². The third-order valence-corrected chi connectivity index (χ3v) is 3.77. The Balaban J connectivity index is 4.36. The Morgan fingerprint density at radius 2 is 1.45 bits per heavy atom. The minimum absolute atomic E-state index is 0.226. The van der Waals surface area contributed by atoms with Gasteiger partial charge in [-0.3, -0.25) is 0 Å². The molecule has 0 nitrogen and oxygen atoms in total. The van der Waals surface area contributed by atoms with Gasteiger partial charge in [0.1, 0.15) is 0 Å². The summed E-state index contributed by atoms with van der Waals surface area (Å²) in [5.41, 5.74) is 4.54. The minimum Gasteiger partial charge on any atom is -0.103 e. The lowest BCUT2D eigenvalue weighted by atomic mass is 9.81. The molecule has 0 spiro atoms. The van der Waals surface area contributed by atoms with Crippen LogP contribution >= 0.6 is 0 Å². The van der Waals surface area contributed by atoms with Crippen molar-refractivity contribution in [1.29, 1.82) is 0 Å². The number of allylic oxidation sites excluding steroid dienone is 7. The van der Waals surface area contributed by atoms with Gasteiger partial charge in [0.2, 0.25) is 0 Å². The summed E-state index contributed by atoms with van der Waals surface area (Å²) in [7, 11) is 0. The topological polar surface area (TPSA) is 0 Å². The van der Waals surface area contributed by atoms with Gasteiger partial charge >= 0.3 is 0 Å². The minimum atomic E-state index is 0.226. The molecular weight excluding hydrogens is 240 g/mol. The molecule has 0 bridgehead atoms. The summed E-state index contributed by atoms with van der Waals surface area (Å²) in [6, 6.07) is 0.